The van der Waals surface area contributed by atoms with Crippen LogP contribution in [0, 0.1) is 11.3 Å². The summed E-state index contributed by atoms with van der Waals surface area (Å²) in [5.41, 5.74) is 2.92. The van der Waals surface area contributed by atoms with E-state index in [0.29, 0.717) is 10.7 Å². The first-order valence-electron chi connectivity index (χ1n) is 6.43. The second-order valence-corrected chi connectivity index (χ2v) is 4.85. The average Bonchev–Trinajstić information content (AvgIpc) is 2.66. The van der Waals surface area contributed by atoms with Gasteiger partial charge in [-0.05, 0) is 30.5 Å². The molecule has 94 valence electrons. The summed E-state index contributed by atoms with van der Waals surface area (Å²) in [4.78, 5) is 0. The van der Waals surface area contributed by atoms with E-state index in [-0.39, 0.29) is 0 Å². The summed E-state index contributed by atoms with van der Waals surface area (Å²) in [6.07, 6.45) is 3.16. The van der Waals surface area contributed by atoms with Gasteiger partial charge >= 0.3 is 0 Å². The lowest BCUT2D eigenvalue weighted by Crippen LogP contribution is -1.97. The zero-order valence-corrected chi connectivity index (χ0v) is 11.6. The SMILES string of the molecule is CCCCn1c(Cl)c(C#N)c2cc(CC)ccc21. The van der Waals surface area contributed by atoms with Crippen LogP contribution >= 0.6 is 11.6 Å². The fraction of sp³-hybridized carbons (Fsp3) is 0.400. The molecule has 0 N–H and O–H groups in total. The van der Waals surface area contributed by atoms with E-state index >= 15 is 0 Å². The van der Waals surface area contributed by atoms with Crippen molar-refractivity contribution in [3.8, 4) is 6.07 Å². The van der Waals surface area contributed by atoms with Crippen molar-refractivity contribution < 1.29 is 0 Å². The lowest BCUT2D eigenvalue weighted by atomic mass is 10.1. The standard InChI is InChI=1S/C15H17ClN2/c1-3-5-8-18-14-7-6-11(4-2)9-12(14)13(10-17)15(18)16/h6-7,9H,3-5,8H2,1-2H3. The summed E-state index contributed by atoms with van der Waals surface area (Å²) >= 11 is 6.32. The van der Waals surface area contributed by atoms with Crippen LogP contribution in [-0.2, 0) is 13.0 Å². The van der Waals surface area contributed by atoms with Gasteiger partial charge in [0.1, 0.15) is 11.2 Å². The Kier molecular flexibility index (Phi) is 3.93. The van der Waals surface area contributed by atoms with E-state index in [0.717, 1.165) is 36.7 Å². The normalized spacial score (nSPS) is 10.8. The van der Waals surface area contributed by atoms with Crippen molar-refractivity contribution in [3.63, 3.8) is 0 Å². The van der Waals surface area contributed by atoms with Crippen molar-refractivity contribution in [1.29, 1.82) is 5.26 Å². The Labute approximate surface area is 113 Å². The lowest BCUT2D eigenvalue weighted by molar-refractivity contribution is 0.650. The van der Waals surface area contributed by atoms with E-state index in [1.807, 2.05) is 0 Å². The molecule has 0 radical (unpaired) electrons. The van der Waals surface area contributed by atoms with Crippen LogP contribution in [0.3, 0.4) is 0 Å². The molecule has 0 saturated carbocycles. The van der Waals surface area contributed by atoms with Gasteiger partial charge < -0.3 is 4.57 Å². The predicted octanol–water partition coefficient (Wildman–Crippen LogP) is 4.53. The molecule has 0 aliphatic rings. The molecule has 18 heavy (non-hydrogen) atoms. The second-order valence-electron chi connectivity index (χ2n) is 4.49. The van der Waals surface area contributed by atoms with Crippen molar-refractivity contribution in [2.24, 2.45) is 0 Å². The molecular formula is C15H17ClN2. The van der Waals surface area contributed by atoms with Crippen LogP contribution in [0.2, 0.25) is 5.15 Å². The average molecular weight is 261 g/mol. The second kappa shape index (κ2) is 5.46. The maximum atomic E-state index is 9.27. The van der Waals surface area contributed by atoms with Gasteiger partial charge in [-0.15, -0.1) is 0 Å². The van der Waals surface area contributed by atoms with Gasteiger partial charge in [-0.2, -0.15) is 5.26 Å². The molecule has 0 aliphatic heterocycles. The first-order valence-corrected chi connectivity index (χ1v) is 6.81. The van der Waals surface area contributed by atoms with Crippen molar-refractivity contribution in [2.45, 2.75) is 39.7 Å². The number of aryl methyl sites for hydroxylation is 2. The van der Waals surface area contributed by atoms with Gasteiger partial charge in [0.05, 0.1) is 11.1 Å². The van der Waals surface area contributed by atoms with Gasteiger partial charge in [-0.25, -0.2) is 0 Å². The molecule has 0 atom stereocenters. The van der Waals surface area contributed by atoms with Gasteiger partial charge in [-0.3, -0.25) is 0 Å². The van der Waals surface area contributed by atoms with Gasteiger partial charge in [0.15, 0.2) is 0 Å². The first-order chi connectivity index (χ1) is 8.72. The Hall–Kier alpha value is -1.46. The Morgan fingerprint density at radius 1 is 1.33 bits per heavy atom. The minimum Gasteiger partial charge on any atom is -0.330 e. The molecule has 2 nitrogen and oxygen atoms in total. The number of benzene rings is 1. The lowest BCUT2D eigenvalue weighted by Gasteiger charge is -2.06. The van der Waals surface area contributed by atoms with Crippen molar-refractivity contribution in [1.82, 2.24) is 4.57 Å². The zero-order valence-electron chi connectivity index (χ0n) is 10.8. The van der Waals surface area contributed by atoms with Crippen LogP contribution in [-0.4, -0.2) is 4.57 Å². The van der Waals surface area contributed by atoms with Crippen LogP contribution in [0.5, 0.6) is 0 Å². The van der Waals surface area contributed by atoms with Gasteiger partial charge in [0.25, 0.3) is 0 Å². The van der Waals surface area contributed by atoms with Crippen molar-refractivity contribution >= 4 is 22.5 Å². The fourth-order valence-electron chi connectivity index (χ4n) is 2.23. The number of aromatic nitrogens is 1. The highest BCUT2D eigenvalue weighted by Crippen LogP contribution is 2.30. The number of nitriles is 1. The Morgan fingerprint density at radius 2 is 2.11 bits per heavy atom. The molecule has 0 bridgehead atoms. The van der Waals surface area contributed by atoms with Gasteiger partial charge in [0, 0.05) is 11.9 Å². The van der Waals surface area contributed by atoms with E-state index in [4.69, 9.17) is 11.6 Å². The molecule has 2 aromatic rings. The number of unbranched alkanes of at least 4 members (excludes halogenated alkanes) is 1. The molecule has 2 rings (SSSR count). The third kappa shape index (κ3) is 2.11. The van der Waals surface area contributed by atoms with Crippen LogP contribution in [0.4, 0.5) is 0 Å². The van der Waals surface area contributed by atoms with E-state index in [1.54, 1.807) is 0 Å². The highest BCUT2D eigenvalue weighted by molar-refractivity contribution is 6.32. The highest BCUT2D eigenvalue weighted by atomic mass is 35.5. The Balaban J connectivity index is 2.65. The van der Waals surface area contributed by atoms with E-state index < -0.39 is 0 Å². The van der Waals surface area contributed by atoms with E-state index in [2.05, 4.69) is 42.7 Å². The zero-order chi connectivity index (χ0) is 13.1. The molecule has 1 aromatic heterocycles. The molecule has 0 fully saturated rings. The van der Waals surface area contributed by atoms with Crippen LogP contribution in [0.15, 0.2) is 18.2 Å². The van der Waals surface area contributed by atoms with E-state index in [1.165, 1.54) is 5.56 Å². The molecule has 1 heterocycles. The smallest absolute Gasteiger partial charge is 0.128 e. The first kappa shape index (κ1) is 13.0. The monoisotopic (exact) mass is 260 g/mol. The summed E-state index contributed by atoms with van der Waals surface area (Å²) in [5, 5.41) is 10.8. The molecule has 0 saturated heterocycles. The maximum Gasteiger partial charge on any atom is 0.128 e. The Bertz CT molecular complexity index is 605. The number of fused-ring (bicyclic) bond motifs is 1. The molecule has 0 spiro atoms. The third-order valence-corrected chi connectivity index (χ3v) is 3.71. The minimum absolute atomic E-state index is 0.578. The number of nitrogens with zero attached hydrogens (tertiary/aromatic N) is 2. The third-order valence-electron chi connectivity index (χ3n) is 3.32. The highest BCUT2D eigenvalue weighted by Gasteiger charge is 2.15. The molecular weight excluding hydrogens is 244 g/mol. The quantitative estimate of drug-likeness (QED) is 0.794. The molecule has 0 amide bonds. The summed E-state index contributed by atoms with van der Waals surface area (Å²) < 4.78 is 2.05. The molecule has 0 unspecified atom stereocenters. The maximum absolute atomic E-state index is 9.27. The van der Waals surface area contributed by atoms with Crippen molar-refractivity contribution in [2.75, 3.05) is 0 Å². The van der Waals surface area contributed by atoms with Crippen molar-refractivity contribution in [3.05, 3.63) is 34.5 Å². The molecule has 3 heteroatoms. The summed E-state index contributed by atoms with van der Waals surface area (Å²) in [6.45, 7) is 5.14. The van der Waals surface area contributed by atoms with Crippen LogP contribution in [0.25, 0.3) is 10.9 Å². The topological polar surface area (TPSA) is 28.7 Å². The minimum atomic E-state index is 0.578. The molecule has 1 aromatic carbocycles. The molecule has 0 aliphatic carbocycles. The summed E-state index contributed by atoms with van der Waals surface area (Å²) in [6, 6.07) is 8.51. The summed E-state index contributed by atoms with van der Waals surface area (Å²) in [5.74, 6) is 0. The summed E-state index contributed by atoms with van der Waals surface area (Å²) in [7, 11) is 0. The number of halogens is 1. The predicted molar refractivity (Wildman–Crippen MR) is 75.9 cm³/mol. The fourth-order valence-corrected chi connectivity index (χ4v) is 2.55. The Morgan fingerprint density at radius 3 is 2.72 bits per heavy atom. The van der Waals surface area contributed by atoms with Crippen LogP contribution < -0.4 is 0 Å². The number of hydrogen-bond acceptors (Lipinski definition) is 1. The van der Waals surface area contributed by atoms with Crippen LogP contribution in [0.1, 0.15) is 37.8 Å². The number of rotatable bonds is 4. The van der Waals surface area contributed by atoms with Gasteiger partial charge in [0.2, 0.25) is 0 Å². The number of hydrogen-bond donors (Lipinski definition) is 0. The largest absolute Gasteiger partial charge is 0.330 e. The van der Waals surface area contributed by atoms with E-state index in [9.17, 15) is 5.26 Å². The van der Waals surface area contributed by atoms with Gasteiger partial charge in [-0.1, -0.05) is 37.9 Å².